The van der Waals surface area contributed by atoms with Gasteiger partial charge in [0, 0.05) is 94.7 Å². The van der Waals surface area contributed by atoms with Gasteiger partial charge in [-0.3, -0.25) is 43.3 Å². The molecule has 0 saturated heterocycles. The Hall–Kier alpha value is -9.93. The minimum absolute atomic E-state index is 0.0249. The first-order chi connectivity index (χ1) is 42.2. The van der Waals surface area contributed by atoms with Crippen LogP contribution in [0.2, 0.25) is 0 Å². The number of nitrogens with one attached hydrogen (secondary N) is 5. The molecular formula is C65H72N6O17. The number of allylic oxidation sites excluding steroid dienone is 2. The molecule has 0 spiro atoms. The maximum absolute atomic E-state index is 14.5. The van der Waals surface area contributed by atoms with Crippen molar-refractivity contribution in [1.82, 2.24) is 21.3 Å². The second-order valence-electron chi connectivity index (χ2n) is 21.5. The van der Waals surface area contributed by atoms with E-state index in [4.69, 9.17) is 19.2 Å². The summed E-state index contributed by atoms with van der Waals surface area (Å²) in [5.74, 6) is -3.77. The van der Waals surface area contributed by atoms with Crippen molar-refractivity contribution in [2.24, 2.45) is 4.99 Å². The summed E-state index contributed by atoms with van der Waals surface area (Å²) in [5, 5.41) is 60.5. The Bertz CT molecular complexity index is 4000. The Kier molecular flexibility index (Phi) is 20.8. The summed E-state index contributed by atoms with van der Waals surface area (Å²) in [6, 6.07) is 12.8. The summed E-state index contributed by atoms with van der Waals surface area (Å²) in [6.07, 6.45) is 3.35. The van der Waals surface area contributed by atoms with Gasteiger partial charge in [-0.2, -0.15) is 0 Å². The molecule has 464 valence electrons. The fourth-order valence-corrected chi connectivity index (χ4v) is 11.6. The van der Waals surface area contributed by atoms with Crippen molar-refractivity contribution in [2.45, 2.75) is 96.6 Å². The van der Waals surface area contributed by atoms with Gasteiger partial charge in [0.2, 0.25) is 23.6 Å². The molecule has 4 amide bonds. The number of benzene rings is 7. The summed E-state index contributed by atoms with van der Waals surface area (Å²) >= 11 is 0. The van der Waals surface area contributed by atoms with Crippen LogP contribution in [0.4, 0.5) is 5.69 Å². The van der Waals surface area contributed by atoms with Gasteiger partial charge in [-0.05, 0) is 92.3 Å². The first kappa shape index (κ1) is 64.1. The van der Waals surface area contributed by atoms with Crippen molar-refractivity contribution >= 4 is 95.6 Å². The number of fused-ring (bicyclic) bond motifs is 1. The highest BCUT2D eigenvalue weighted by Crippen LogP contribution is 2.58. The average Bonchev–Trinajstić information content (AvgIpc) is 1.09. The first-order valence-electron chi connectivity index (χ1n) is 28.8. The average molecular weight is 1210 g/mol. The van der Waals surface area contributed by atoms with Crippen LogP contribution in [0.1, 0.15) is 87.5 Å². The summed E-state index contributed by atoms with van der Waals surface area (Å²) < 4.78 is 27.2. The summed E-state index contributed by atoms with van der Waals surface area (Å²) in [4.78, 5) is 110. The Morgan fingerprint density at radius 3 is 1.52 bits per heavy atom. The SMILES string of the molecule is COC(=O)CNC(=O)[C@H](Cc1ccc(O)cc1)NC(=O)CCCCCN=C(C)C1=C(C)Cc2c(NCCCCCC(=O)N[C@@H](Cc3ccc(O)cc3)C(=O)NCC(=O)OC)c(O)c3c(=O)cc(OC)c4c5c(OC)cc(=O)c6c(O)c(OC)c1c(c2c34)c65. The molecule has 0 aromatic heterocycles. The number of rotatable bonds is 29. The van der Waals surface area contributed by atoms with Crippen LogP contribution in [0.3, 0.4) is 0 Å². The third-order valence-electron chi connectivity index (χ3n) is 15.8. The lowest BCUT2D eigenvalue weighted by Gasteiger charge is -2.25. The van der Waals surface area contributed by atoms with Crippen LogP contribution in [0.5, 0.6) is 40.2 Å². The fraction of sp³-hybridized carbons (Fsp3) is 0.369. The number of anilines is 1. The number of methoxy groups -OCH3 is 5. The highest BCUT2D eigenvalue weighted by Gasteiger charge is 2.36. The molecule has 9 N–H and O–H groups in total. The largest absolute Gasteiger partial charge is 0.508 e. The molecule has 1 aliphatic rings. The van der Waals surface area contributed by atoms with Gasteiger partial charge in [-0.25, -0.2) is 0 Å². The molecule has 0 fully saturated rings. The third kappa shape index (κ3) is 13.8. The van der Waals surface area contributed by atoms with Crippen molar-refractivity contribution in [3.8, 4) is 40.2 Å². The topological polar surface area (TPSA) is 336 Å². The monoisotopic (exact) mass is 1210 g/mol. The number of hydrogen-bond donors (Lipinski definition) is 9. The van der Waals surface area contributed by atoms with Gasteiger partial charge >= 0.3 is 11.9 Å². The van der Waals surface area contributed by atoms with E-state index in [1.807, 2.05) is 13.8 Å². The van der Waals surface area contributed by atoms with Crippen molar-refractivity contribution in [2.75, 3.05) is 67.0 Å². The first-order valence-corrected chi connectivity index (χ1v) is 28.8. The molecule has 2 atom stereocenters. The predicted molar refractivity (Wildman–Crippen MR) is 332 cm³/mol. The Morgan fingerprint density at radius 2 is 1.05 bits per heavy atom. The van der Waals surface area contributed by atoms with E-state index < -0.39 is 64.9 Å². The van der Waals surface area contributed by atoms with Crippen molar-refractivity contribution in [1.29, 1.82) is 0 Å². The summed E-state index contributed by atoms with van der Waals surface area (Å²) in [6.45, 7) is 3.47. The van der Waals surface area contributed by atoms with E-state index in [0.29, 0.717) is 111 Å². The number of carbonyl (C=O) groups excluding carboxylic acids is 6. The number of aromatic hydroxyl groups is 4. The van der Waals surface area contributed by atoms with Crippen LogP contribution < -0.4 is 51.7 Å². The van der Waals surface area contributed by atoms with Gasteiger partial charge in [0.15, 0.2) is 28.1 Å². The van der Waals surface area contributed by atoms with E-state index in [2.05, 4.69) is 36.1 Å². The second kappa shape index (κ2) is 28.5. The zero-order valence-electron chi connectivity index (χ0n) is 50.1. The van der Waals surface area contributed by atoms with Gasteiger partial charge in [0.25, 0.3) is 0 Å². The Labute approximate surface area is 505 Å². The minimum atomic E-state index is -1.04. The van der Waals surface area contributed by atoms with Crippen molar-refractivity contribution in [3.63, 3.8) is 0 Å². The molecule has 0 unspecified atom stereocenters. The number of phenols is 4. The van der Waals surface area contributed by atoms with Crippen LogP contribution in [-0.4, -0.2) is 136 Å². The van der Waals surface area contributed by atoms with Gasteiger partial charge in [-0.15, -0.1) is 0 Å². The number of unbranched alkanes of at least 4 members (excludes halogenated alkanes) is 4. The smallest absolute Gasteiger partial charge is 0.325 e. The van der Waals surface area contributed by atoms with Crippen LogP contribution in [0, 0.1) is 0 Å². The molecule has 23 nitrogen and oxygen atoms in total. The van der Waals surface area contributed by atoms with E-state index in [9.17, 15) is 58.8 Å². The van der Waals surface area contributed by atoms with E-state index >= 15 is 0 Å². The van der Waals surface area contributed by atoms with E-state index in [-0.39, 0.29) is 102 Å². The number of phenolic OH excluding ortho intramolecular Hbond substituents is 4. The minimum Gasteiger partial charge on any atom is -0.508 e. The molecule has 23 heteroatoms. The highest BCUT2D eigenvalue weighted by molar-refractivity contribution is 6.42. The molecule has 0 bridgehead atoms. The predicted octanol–water partition coefficient (Wildman–Crippen LogP) is 6.10. The molecule has 0 radical (unpaired) electrons. The zero-order valence-corrected chi connectivity index (χ0v) is 50.1. The third-order valence-corrected chi connectivity index (χ3v) is 15.8. The molecule has 88 heavy (non-hydrogen) atoms. The fourth-order valence-electron chi connectivity index (χ4n) is 11.6. The lowest BCUT2D eigenvalue weighted by molar-refractivity contribution is -0.141. The lowest BCUT2D eigenvalue weighted by atomic mass is 9.82. The van der Waals surface area contributed by atoms with E-state index in [1.54, 1.807) is 24.3 Å². The van der Waals surface area contributed by atoms with Crippen LogP contribution in [-0.2, 0) is 57.5 Å². The molecule has 0 aliphatic heterocycles. The summed E-state index contributed by atoms with van der Waals surface area (Å²) in [7, 11) is 6.56. The molecule has 0 saturated carbocycles. The normalized spacial score (nSPS) is 12.9. The zero-order chi connectivity index (χ0) is 63.5. The van der Waals surface area contributed by atoms with Gasteiger partial charge in [0.1, 0.15) is 48.2 Å². The van der Waals surface area contributed by atoms with E-state index in [0.717, 1.165) is 5.57 Å². The summed E-state index contributed by atoms with van der Waals surface area (Å²) in [5.41, 5.74) is 3.21. The lowest BCUT2D eigenvalue weighted by Crippen LogP contribution is -2.49. The van der Waals surface area contributed by atoms with Crippen molar-refractivity contribution < 1.29 is 72.9 Å². The maximum Gasteiger partial charge on any atom is 0.325 e. The molecule has 7 aromatic carbocycles. The van der Waals surface area contributed by atoms with Crippen molar-refractivity contribution in [3.05, 3.63) is 109 Å². The molecule has 0 heterocycles. The van der Waals surface area contributed by atoms with Crippen LogP contribution in [0.25, 0.3) is 48.7 Å². The Balaban J connectivity index is 1.07. The maximum atomic E-state index is 14.5. The number of aliphatic imine (C=N–C) groups is 1. The molecule has 7 aromatic rings. The van der Waals surface area contributed by atoms with Gasteiger partial charge in [-0.1, -0.05) is 42.7 Å². The number of nitrogens with zero attached hydrogens (tertiary/aromatic N) is 1. The van der Waals surface area contributed by atoms with Gasteiger partial charge < -0.3 is 70.7 Å². The second-order valence-corrected chi connectivity index (χ2v) is 21.5. The van der Waals surface area contributed by atoms with Gasteiger partial charge in [0.05, 0.1) is 52.0 Å². The number of esters is 2. The molecule has 1 aliphatic carbocycles. The van der Waals surface area contributed by atoms with Crippen LogP contribution in [0.15, 0.2) is 80.8 Å². The quantitative estimate of drug-likeness (QED) is 0.00638. The number of ether oxygens (including phenoxy) is 5. The highest BCUT2D eigenvalue weighted by atomic mass is 16.5. The number of hydrogen-bond acceptors (Lipinski definition) is 19. The number of carbonyl (C=O) groups is 6. The van der Waals surface area contributed by atoms with Crippen LogP contribution >= 0.6 is 0 Å². The molecular weight excluding hydrogens is 1140 g/mol. The standard InChI is InChI=1S/C65H72N6O17/c1-33-26-39-51-56-52(61(80)60(39)67-25-13-9-11-15-47(77)71-41(65(83)69-32-49(79)87-6)28-36-18-22-38(73)23-19-36)42(74)29-44(84-3)54(56)55-45(85-4)30-43(75)53-58(55)57(51)59(63(88-7)62(53)81)50(33)34(2)66-24-12-8-10-14-46(76)70-40(64(82)68-31-48(78)86-5)27-35-16-20-37(72)21-17-35/h16-23,29-30,40-41,67,72-73,80-81H,8-15,24-28,31-32H2,1-7H3,(H,68,82)(H,69,83)(H,70,76)(H,71,77)/t40-,41-/m0/s1. The molecule has 8 rings (SSSR count). The number of amides is 4. The van der Waals surface area contributed by atoms with E-state index in [1.165, 1.54) is 71.9 Å². The Morgan fingerprint density at radius 1 is 0.568 bits per heavy atom.